The van der Waals surface area contributed by atoms with Crippen LogP contribution in [0, 0.1) is 11.8 Å². The van der Waals surface area contributed by atoms with Crippen LogP contribution < -0.4 is 10.6 Å². The molecule has 2 aliphatic rings. The van der Waals surface area contributed by atoms with E-state index in [1.807, 2.05) is 26.2 Å². The van der Waals surface area contributed by atoms with E-state index >= 15 is 0 Å². The first-order valence-corrected chi connectivity index (χ1v) is 15.3. The van der Waals surface area contributed by atoms with Crippen LogP contribution in [0.2, 0.25) is 0 Å². The molecule has 218 valence electrons. The molecule has 0 unspecified atom stereocenters. The van der Waals surface area contributed by atoms with Crippen LogP contribution in [0.5, 0.6) is 0 Å². The van der Waals surface area contributed by atoms with Crippen LogP contribution in [-0.2, 0) is 9.59 Å². The van der Waals surface area contributed by atoms with Crippen molar-refractivity contribution in [1.29, 1.82) is 0 Å². The summed E-state index contributed by atoms with van der Waals surface area (Å²) in [4.78, 5) is 40.4. The number of amides is 2. The molecule has 0 radical (unpaired) electrons. The van der Waals surface area contributed by atoms with Gasteiger partial charge in [-0.05, 0) is 59.8 Å². The average Bonchev–Trinajstić information content (AvgIpc) is 3.91. The number of benzene rings is 2. The number of nitrogens with one attached hydrogen (secondary N) is 4. The summed E-state index contributed by atoms with van der Waals surface area (Å²) < 4.78 is 0. The third-order valence-electron chi connectivity index (χ3n) is 8.40. The van der Waals surface area contributed by atoms with Crippen LogP contribution >= 0.6 is 0 Å². The zero-order valence-corrected chi connectivity index (χ0v) is 24.5. The Kier molecular flexibility index (Phi) is 8.22. The molecule has 0 aliphatic heterocycles. The number of carbonyl (C=O) groups excluding carboxylic acids is 2. The lowest BCUT2D eigenvalue weighted by Crippen LogP contribution is -2.26. The molecule has 0 bridgehead atoms. The van der Waals surface area contributed by atoms with E-state index in [1.165, 1.54) is 25.7 Å². The molecule has 4 N–H and O–H groups in total. The fraction of sp³-hybridized carbons (Fsp3) is 0.412. The highest BCUT2D eigenvalue weighted by molar-refractivity contribution is 5.77. The lowest BCUT2D eigenvalue weighted by molar-refractivity contribution is -0.122. The van der Waals surface area contributed by atoms with Gasteiger partial charge in [-0.15, -0.1) is 0 Å². The Morgan fingerprint density at radius 1 is 0.667 bits per heavy atom. The van der Waals surface area contributed by atoms with Crippen molar-refractivity contribution in [1.82, 2.24) is 30.6 Å². The van der Waals surface area contributed by atoms with Crippen LogP contribution in [0.25, 0.3) is 33.6 Å². The van der Waals surface area contributed by atoms with E-state index in [9.17, 15) is 9.59 Å². The molecule has 4 aromatic rings. The standard InChI is InChI=1S/C34H40N6O2/c1-21(15-31(41)35-17-23-3-4-23)33-37-19-29(39-33)27-11-7-25(8-12-27)26-9-13-28(14-10-26)30-20-38-34(40-30)22(2)16-32(42)36-18-24-5-6-24/h7-14,19-24H,3-6,15-18H2,1-2H3,(H,35,41)(H,36,42)(H,37,39)(H,38,40)/t21-,22-/m1/s1. The largest absolute Gasteiger partial charge is 0.356 e. The van der Waals surface area contributed by atoms with E-state index in [2.05, 4.69) is 79.1 Å². The number of carbonyl (C=O) groups is 2. The maximum Gasteiger partial charge on any atom is 0.220 e. The fourth-order valence-electron chi connectivity index (χ4n) is 5.21. The van der Waals surface area contributed by atoms with Crippen molar-refractivity contribution in [2.24, 2.45) is 11.8 Å². The van der Waals surface area contributed by atoms with Gasteiger partial charge < -0.3 is 20.6 Å². The summed E-state index contributed by atoms with van der Waals surface area (Å²) in [5.74, 6) is 3.27. The van der Waals surface area contributed by atoms with E-state index in [0.29, 0.717) is 24.7 Å². The minimum atomic E-state index is 0.0290. The number of hydrogen-bond donors (Lipinski definition) is 4. The van der Waals surface area contributed by atoms with Crippen molar-refractivity contribution in [3.63, 3.8) is 0 Å². The fourth-order valence-corrected chi connectivity index (χ4v) is 5.21. The number of imidazole rings is 2. The van der Waals surface area contributed by atoms with Gasteiger partial charge in [0.15, 0.2) is 0 Å². The summed E-state index contributed by atoms with van der Waals surface area (Å²) >= 11 is 0. The van der Waals surface area contributed by atoms with E-state index in [-0.39, 0.29) is 23.7 Å². The highest BCUT2D eigenvalue weighted by Gasteiger charge is 2.23. The van der Waals surface area contributed by atoms with Gasteiger partial charge in [-0.25, -0.2) is 9.97 Å². The molecule has 2 aromatic heterocycles. The second kappa shape index (κ2) is 12.3. The number of H-pyrrole nitrogens is 2. The number of hydrogen-bond acceptors (Lipinski definition) is 4. The van der Waals surface area contributed by atoms with Gasteiger partial charge in [0.25, 0.3) is 0 Å². The first kappa shape index (κ1) is 27.9. The highest BCUT2D eigenvalue weighted by atomic mass is 16.2. The lowest BCUT2D eigenvalue weighted by Gasteiger charge is -2.09. The van der Waals surface area contributed by atoms with Gasteiger partial charge in [0, 0.05) is 37.8 Å². The van der Waals surface area contributed by atoms with Crippen molar-refractivity contribution in [3.8, 4) is 33.6 Å². The molecule has 2 atom stereocenters. The predicted octanol–water partition coefficient (Wildman–Crippen LogP) is 6.17. The third kappa shape index (κ3) is 7.16. The predicted molar refractivity (Wildman–Crippen MR) is 165 cm³/mol. The molecule has 8 nitrogen and oxygen atoms in total. The molecule has 2 aliphatic carbocycles. The van der Waals surface area contributed by atoms with Crippen molar-refractivity contribution in [2.45, 2.75) is 64.2 Å². The Hall–Kier alpha value is -4.20. The van der Waals surface area contributed by atoms with Crippen LogP contribution in [0.4, 0.5) is 0 Å². The topological polar surface area (TPSA) is 116 Å². The minimum Gasteiger partial charge on any atom is -0.356 e. The van der Waals surface area contributed by atoms with E-state index in [0.717, 1.165) is 58.4 Å². The second-order valence-electron chi connectivity index (χ2n) is 12.2. The Balaban J connectivity index is 1.04. The van der Waals surface area contributed by atoms with Gasteiger partial charge in [-0.3, -0.25) is 9.59 Å². The van der Waals surface area contributed by atoms with Gasteiger partial charge in [0.05, 0.1) is 23.8 Å². The summed E-state index contributed by atoms with van der Waals surface area (Å²) in [6.45, 7) is 5.67. The SMILES string of the molecule is C[C@H](CC(=O)NCC1CC1)c1ncc(-c2ccc(-c3ccc(-c4cnc([C@H](C)CC(=O)NCC5CC5)[nH]4)cc3)cc2)[nH]1. The maximum absolute atomic E-state index is 12.2. The zero-order chi connectivity index (χ0) is 29.1. The molecule has 2 fully saturated rings. The number of aromatic nitrogens is 4. The molecule has 42 heavy (non-hydrogen) atoms. The molecule has 2 heterocycles. The van der Waals surface area contributed by atoms with Gasteiger partial charge >= 0.3 is 0 Å². The minimum absolute atomic E-state index is 0.0290. The molecular weight excluding hydrogens is 524 g/mol. The Morgan fingerprint density at radius 3 is 1.38 bits per heavy atom. The zero-order valence-electron chi connectivity index (χ0n) is 24.5. The Morgan fingerprint density at radius 2 is 1.02 bits per heavy atom. The summed E-state index contributed by atoms with van der Waals surface area (Å²) in [7, 11) is 0. The summed E-state index contributed by atoms with van der Waals surface area (Å²) in [6.07, 6.45) is 9.49. The van der Waals surface area contributed by atoms with Gasteiger partial charge in [0.1, 0.15) is 11.6 Å². The first-order valence-electron chi connectivity index (χ1n) is 15.3. The quantitative estimate of drug-likeness (QED) is 0.155. The Bertz CT molecular complexity index is 1400. The number of rotatable bonds is 13. The van der Waals surface area contributed by atoms with Crippen molar-refractivity contribution in [2.75, 3.05) is 13.1 Å². The van der Waals surface area contributed by atoms with Gasteiger partial charge in [0.2, 0.25) is 11.8 Å². The summed E-state index contributed by atoms with van der Waals surface area (Å²) in [6, 6.07) is 16.8. The second-order valence-corrected chi connectivity index (χ2v) is 12.2. The monoisotopic (exact) mass is 564 g/mol. The molecule has 2 aromatic carbocycles. The maximum atomic E-state index is 12.2. The lowest BCUT2D eigenvalue weighted by atomic mass is 10.0. The molecule has 0 spiro atoms. The highest BCUT2D eigenvalue weighted by Crippen LogP contribution is 2.30. The molecular formula is C34H40N6O2. The van der Waals surface area contributed by atoms with Gasteiger partial charge in [-0.2, -0.15) is 0 Å². The van der Waals surface area contributed by atoms with Crippen LogP contribution in [0.1, 0.15) is 75.9 Å². The third-order valence-corrected chi connectivity index (χ3v) is 8.40. The van der Waals surface area contributed by atoms with Crippen molar-refractivity contribution >= 4 is 11.8 Å². The number of aromatic amines is 2. The molecule has 2 saturated carbocycles. The smallest absolute Gasteiger partial charge is 0.220 e. The van der Waals surface area contributed by atoms with Crippen LogP contribution in [-0.4, -0.2) is 44.8 Å². The summed E-state index contributed by atoms with van der Waals surface area (Å²) in [5.41, 5.74) is 6.26. The van der Waals surface area contributed by atoms with Crippen LogP contribution in [0.15, 0.2) is 60.9 Å². The molecule has 2 amide bonds. The van der Waals surface area contributed by atoms with Crippen molar-refractivity contribution in [3.05, 3.63) is 72.6 Å². The van der Waals surface area contributed by atoms with E-state index in [1.54, 1.807) is 0 Å². The molecule has 0 saturated heterocycles. The summed E-state index contributed by atoms with van der Waals surface area (Å²) in [5, 5.41) is 6.08. The Labute approximate surface area is 247 Å². The molecule has 8 heteroatoms. The van der Waals surface area contributed by atoms with Gasteiger partial charge in [-0.1, -0.05) is 62.4 Å². The molecule has 6 rings (SSSR count). The normalized spacial score (nSPS) is 16.1. The average molecular weight is 565 g/mol. The van der Waals surface area contributed by atoms with E-state index in [4.69, 9.17) is 0 Å². The van der Waals surface area contributed by atoms with E-state index < -0.39 is 0 Å². The van der Waals surface area contributed by atoms with Crippen molar-refractivity contribution < 1.29 is 9.59 Å². The van der Waals surface area contributed by atoms with Crippen LogP contribution in [0.3, 0.4) is 0 Å². The number of nitrogens with zero attached hydrogens (tertiary/aromatic N) is 2. The first-order chi connectivity index (χ1) is 20.4.